The van der Waals surface area contributed by atoms with Gasteiger partial charge < -0.3 is 9.63 Å². The number of aromatic nitrogens is 2. The molecular formula is C13H22N2O2. The van der Waals surface area contributed by atoms with E-state index in [0.29, 0.717) is 18.2 Å². The van der Waals surface area contributed by atoms with Crippen LogP contribution in [0.15, 0.2) is 4.52 Å². The molecule has 4 nitrogen and oxygen atoms in total. The van der Waals surface area contributed by atoms with Gasteiger partial charge in [-0.3, -0.25) is 0 Å². The van der Waals surface area contributed by atoms with Crippen molar-refractivity contribution in [3.8, 4) is 0 Å². The van der Waals surface area contributed by atoms with E-state index in [9.17, 15) is 5.11 Å². The monoisotopic (exact) mass is 238 g/mol. The van der Waals surface area contributed by atoms with E-state index in [-0.39, 0.29) is 0 Å². The summed E-state index contributed by atoms with van der Waals surface area (Å²) >= 11 is 0. The second-order valence-electron chi connectivity index (χ2n) is 5.28. The first-order valence-electron chi connectivity index (χ1n) is 6.68. The Balaban J connectivity index is 2.02. The lowest BCUT2D eigenvalue weighted by atomic mass is 9.74. The molecule has 1 aromatic heterocycles. The molecule has 1 aliphatic rings. The van der Waals surface area contributed by atoms with Crippen molar-refractivity contribution in [2.45, 2.75) is 64.4 Å². The normalized spacial score (nSPS) is 29.5. The van der Waals surface area contributed by atoms with Gasteiger partial charge in [0.1, 0.15) is 0 Å². The number of rotatable bonds is 4. The van der Waals surface area contributed by atoms with Gasteiger partial charge in [0, 0.05) is 6.42 Å². The van der Waals surface area contributed by atoms with Crippen molar-refractivity contribution >= 4 is 0 Å². The van der Waals surface area contributed by atoms with Gasteiger partial charge in [0.05, 0.1) is 12.0 Å². The van der Waals surface area contributed by atoms with Crippen molar-refractivity contribution in [1.82, 2.24) is 10.1 Å². The molecule has 0 spiro atoms. The lowest BCUT2D eigenvalue weighted by Crippen LogP contribution is -2.41. The maximum Gasteiger partial charge on any atom is 0.229 e. The molecule has 4 heteroatoms. The maximum atomic E-state index is 10.6. The third-order valence-electron chi connectivity index (χ3n) is 3.86. The smallest absolute Gasteiger partial charge is 0.229 e. The fourth-order valence-electron chi connectivity index (χ4n) is 2.61. The molecule has 0 aromatic carbocycles. The standard InChI is InChI=1S/C13H22N2O2/c1-3-6-11-14-12(17-15-11)9-13(16)8-5-4-7-10(13)2/h10,16H,3-9H2,1-2H3/t10-,13-/m0/s1. The van der Waals surface area contributed by atoms with Gasteiger partial charge in [0.2, 0.25) is 5.89 Å². The first-order chi connectivity index (χ1) is 8.14. The molecule has 0 amide bonds. The van der Waals surface area contributed by atoms with Crippen molar-refractivity contribution < 1.29 is 9.63 Å². The van der Waals surface area contributed by atoms with Crippen LogP contribution in [-0.2, 0) is 12.8 Å². The lowest BCUT2D eigenvalue weighted by molar-refractivity contribution is -0.0456. The van der Waals surface area contributed by atoms with Gasteiger partial charge in [-0.1, -0.05) is 31.8 Å². The number of hydrogen-bond donors (Lipinski definition) is 1. The molecule has 1 fully saturated rings. The van der Waals surface area contributed by atoms with Gasteiger partial charge in [0.25, 0.3) is 0 Å². The van der Waals surface area contributed by atoms with Crippen LogP contribution in [0.4, 0.5) is 0 Å². The molecule has 1 aromatic rings. The van der Waals surface area contributed by atoms with E-state index in [2.05, 4.69) is 24.0 Å². The van der Waals surface area contributed by atoms with Crippen molar-refractivity contribution in [2.24, 2.45) is 5.92 Å². The highest BCUT2D eigenvalue weighted by molar-refractivity contribution is 4.97. The number of hydrogen-bond acceptors (Lipinski definition) is 4. The highest BCUT2D eigenvalue weighted by Gasteiger charge is 2.37. The molecule has 1 heterocycles. The largest absolute Gasteiger partial charge is 0.389 e. The van der Waals surface area contributed by atoms with E-state index >= 15 is 0 Å². The van der Waals surface area contributed by atoms with Gasteiger partial charge in [-0.15, -0.1) is 0 Å². The Bertz CT molecular complexity index is 364. The van der Waals surface area contributed by atoms with E-state index in [1.54, 1.807) is 0 Å². The van der Waals surface area contributed by atoms with Crippen LogP contribution in [0.3, 0.4) is 0 Å². The molecule has 1 saturated carbocycles. The van der Waals surface area contributed by atoms with E-state index < -0.39 is 5.60 Å². The summed E-state index contributed by atoms with van der Waals surface area (Å²) in [5.74, 6) is 1.66. The SMILES string of the molecule is CCCc1noc(C[C@@]2(O)CCCC[C@@H]2C)n1. The molecule has 96 valence electrons. The van der Waals surface area contributed by atoms with Crippen LogP contribution in [0.25, 0.3) is 0 Å². The van der Waals surface area contributed by atoms with Crippen molar-refractivity contribution in [1.29, 1.82) is 0 Å². The molecule has 0 saturated heterocycles. The van der Waals surface area contributed by atoms with Gasteiger partial charge in [-0.2, -0.15) is 4.98 Å². The predicted octanol–water partition coefficient (Wildman–Crippen LogP) is 2.51. The Kier molecular flexibility index (Phi) is 3.82. The Hall–Kier alpha value is -0.900. The minimum absolute atomic E-state index is 0.317. The van der Waals surface area contributed by atoms with Crippen LogP contribution < -0.4 is 0 Å². The minimum atomic E-state index is -0.645. The first-order valence-corrected chi connectivity index (χ1v) is 6.68. The van der Waals surface area contributed by atoms with Gasteiger partial charge in [0.15, 0.2) is 5.82 Å². The maximum absolute atomic E-state index is 10.6. The zero-order valence-electron chi connectivity index (χ0n) is 10.8. The molecule has 0 unspecified atom stereocenters. The summed E-state index contributed by atoms with van der Waals surface area (Å²) in [5.41, 5.74) is -0.645. The highest BCUT2D eigenvalue weighted by Crippen LogP contribution is 2.35. The van der Waals surface area contributed by atoms with Crippen LogP contribution in [0, 0.1) is 5.92 Å². The number of nitrogens with zero attached hydrogens (tertiary/aromatic N) is 2. The summed E-state index contributed by atoms with van der Waals surface area (Å²) < 4.78 is 5.21. The second-order valence-corrected chi connectivity index (χ2v) is 5.28. The Morgan fingerprint density at radius 3 is 3.00 bits per heavy atom. The average molecular weight is 238 g/mol. The van der Waals surface area contributed by atoms with Gasteiger partial charge in [-0.25, -0.2) is 0 Å². The van der Waals surface area contributed by atoms with Gasteiger partial charge >= 0.3 is 0 Å². The molecule has 2 atom stereocenters. The zero-order chi connectivity index (χ0) is 12.3. The topological polar surface area (TPSA) is 59.2 Å². The van der Waals surface area contributed by atoms with E-state index in [1.165, 1.54) is 6.42 Å². The third-order valence-corrected chi connectivity index (χ3v) is 3.86. The molecule has 0 bridgehead atoms. The summed E-state index contributed by atoms with van der Waals surface area (Å²) in [6.07, 6.45) is 6.61. The van der Waals surface area contributed by atoms with Crippen molar-refractivity contribution in [3.63, 3.8) is 0 Å². The Morgan fingerprint density at radius 2 is 2.29 bits per heavy atom. The minimum Gasteiger partial charge on any atom is -0.389 e. The van der Waals surface area contributed by atoms with Crippen LogP contribution in [0.5, 0.6) is 0 Å². The molecule has 0 radical (unpaired) electrons. The average Bonchev–Trinajstić information content (AvgIpc) is 2.71. The van der Waals surface area contributed by atoms with Crippen molar-refractivity contribution in [2.75, 3.05) is 0 Å². The predicted molar refractivity (Wildman–Crippen MR) is 64.6 cm³/mol. The Labute approximate surface area is 102 Å². The lowest BCUT2D eigenvalue weighted by Gasteiger charge is -2.37. The van der Waals surface area contributed by atoms with Crippen LogP contribution in [-0.4, -0.2) is 20.8 Å². The molecule has 1 N–H and O–H groups in total. The van der Waals surface area contributed by atoms with E-state index in [1.807, 2.05) is 0 Å². The molecule has 17 heavy (non-hydrogen) atoms. The van der Waals surface area contributed by atoms with E-state index in [0.717, 1.165) is 37.9 Å². The molecule has 2 rings (SSSR count). The Morgan fingerprint density at radius 1 is 1.47 bits per heavy atom. The first kappa shape index (κ1) is 12.6. The van der Waals surface area contributed by atoms with Crippen molar-refractivity contribution in [3.05, 3.63) is 11.7 Å². The third kappa shape index (κ3) is 2.86. The quantitative estimate of drug-likeness (QED) is 0.875. The van der Waals surface area contributed by atoms with Crippen LogP contribution in [0.2, 0.25) is 0 Å². The van der Waals surface area contributed by atoms with Crippen LogP contribution in [0.1, 0.15) is 57.7 Å². The second kappa shape index (κ2) is 5.17. The molecule has 0 aliphatic heterocycles. The molecule has 1 aliphatic carbocycles. The number of aliphatic hydroxyl groups is 1. The van der Waals surface area contributed by atoms with E-state index in [4.69, 9.17) is 4.52 Å². The summed E-state index contributed by atoms with van der Waals surface area (Å²) in [6, 6.07) is 0. The fourth-order valence-corrected chi connectivity index (χ4v) is 2.61. The zero-order valence-corrected chi connectivity index (χ0v) is 10.8. The summed E-state index contributed by atoms with van der Waals surface area (Å²) in [4.78, 5) is 4.34. The van der Waals surface area contributed by atoms with Gasteiger partial charge in [-0.05, 0) is 25.2 Å². The molecular weight excluding hydrogens is 216 g/mol. The summed E-state index contributed by atoms with van der Waals surface area (Å²) in [5, 5.41) is 14.5. The highest BCUT2D eigenvalue weighted by atomic mass is 16.5. The van der Waals surface area contributed by atoms with Crippen LogP contribution >= 0.6 is 0 Å². The number of aryl methyl sites for hydroxylation is 1. The summed E-state index contributed by atoms with van der Waals surface area (Å²) in [6.45, 7) is 4.20. The summed E-state index contributed by atoms with van der Waals surface area (Å²) in [7, 11) is 0. The fraction of sp³-hybridized carbons (Fsp3) is 0.846.